The van der Waals surface area contributed by atoms with Gasteiger partial charge in [-0.15, -0.1) is 0 Å². The molecule has 0 unspecified atom stereocenters. The van der Waals surface area contributed by atoms with Gasteiger partial charge in [0.2, 0.25) is 0 Å². The van der Waals surface area contributed by atoms with Gasteiger partial charge in [0.05, 0.1) is 12.2 Å². The first-order valence-electron chi connectivity index (χ1n) is 10.4. The maximum Gasteiger partial charge on any atom is 0.410 e. The molecule has 2 aromatic rings. The Hall–Kier alpha value is -2.85. The van der Waals surface area contributed by atoms with Gasteiger partial charge in [-0.25, -0.2) is 9.67 Å². The lowest BCUT2D eigenvalue weighted by Gasteiger charge is -2.36. The van der Waals surface area contributed by atoms with Gasteiger partial charge in [-0.1, -0.05) is 6.92 Å². The molecule has 2 N–H and O–H groups in total. The zero-order valence-electron chi connectivity index (χ0n) is 17.2. The highest BCUT2D eigenvalue weighted by Gasteiger charge is 2.53. The molecule has 31 heavy (non-hydrogen) atoms. The number of fused-ring (bicyclic) bond motifs is 2. The molecule has 8 nitrogen and oxygen atoms in total. The molecule has 3 aliphatic rings. The van der Waals surface area contributed by atoms with Crippen LogP contribution in [0.25, 0.3) is 0 Å². The van der Waals surface area contributed by atoms with E-state index in [4.69, 9.17) is 0 Å². The molecule has 2 aliphatic heterocycles. The van der Waals surface area contributed by atoms with Crippen molar-refractivity contribution >= 4 is 11.7 Å². The van der Waals surface area contributed by atoms with Crippen molar-refractivity contribution in [3.63, 3.8) is 0 Å². The summed E-state index contributed by atoms with van der Waals surface area (Å²) in [6.45, 7) is 4.04. The summed E-state index contributed by atoms with van der Waals surface area (Å²) in [5, 5.41) is 7.24. The Kier molecular flexibility index (Phi) is 4.26. The van der Waals surface area contributed by atoms with Crippen LogP contribution in [-0.2, 0) is 13.0 Å². The number of carbonyl (C=O) groups is 1. The number of H-pyrrole nitrogens is 1. The number of rotatable bonds is 2. The van der Waals surface area contributed by atoms with Crippen LogP contribution in [0.1, 0.15) is 59.8 Å². The average molecular weight is 436 g/mol. The topological polar surface area (TPSA) is 95.9 Å². The van der Waals surface area contributed by atoms with Gasteiger partial charge >= 0.3 is 6.18 Å². The third-order valence-corrected chi connectivity index (χ3v) is 6.77. The van der Waals surface area contributed by atoms with Gasteiger partial charge in [0, 0.05) is 24.2 Å². The minimum atomic E-state index is -4.46. The lowest BCUT2D eigenvalue weighted by molar-refractivity contribution is -0.174. The van der Waals surface area contributed by atoms with E-state index in [2.05, 4.69) is 20.4 Å². The molecule has 11 heteroatoms. The smallest absolute Gasteiger partial charge is 0.367 e. The number of aromatic nitrogens is 4. The van der Waals surface area contributed by atoms with Gasteiger partial charge in [-0.2, -0.15) is 18.3 Å². The van der Waals surface area contributed by atoms with Crippen molar-refractivity contribution in [2.24, 2.45) is 5.41 Å². The van der Waals surface area contributed by atoms with Crippen molar-refractivity contribution < 1.29 is 18.0 Å². The number of anilines is 1. The summed E-state index contributed by atoms with van der Waals surface area (Å²) >= 11 is 0. The number of aromatic amines is 1. The first-order chi connectivity index (χ1) is 14.5. The van der Waals surface area contributed by atoms with Crippen LogP contribution in [0, 0.1) is 12.3 Å². The number of amides is 1. The molecule has 1 fully saturated rings. The molecule has 0 aromatic carbocycles. The second kappa shape index (κ2) is 6.57. The normalized spacial score (nSPS) is 24.2. The van der Waals surface area contributed by atoms with E-state index in [-0.39, 0.29) is 48.0 Å². The number of alkyl halides is 3. The van der Waals surface area contributed by atoms with E-state index in [1.165, 1.54) is 11.0 Å². The highest BCUT2D eigenvalue weighted by molar-refractivity contribution is 5.93. The molecule has 0 saturated heterocycles. The zero-order chi connectivity index (χ0) is 22.1. The Morgan fingerprint density at radius 3 is 2.74 bits per heavy atom. The summed E-state index contributed by atoms with van der Waals surface area (Å²) in [7, 11) is 0. The van der Waals surface area contributed by atoms with Gasteiger partial charge < -0.3 is 15.2 Å². The lowest BCUT2D eigenvalue weighted by atomic mass is 9.90. The summed E-state index contributed by atoms with van der Waals surface area (Å²) in [4.78, 5) is 33.6. The number of aryl methyl sites for hydroxylation is 1. The van der Waals surface area contributed by atoms with E-state index in [1.807, 2.05) is 6.92 Å². The Morgan fingerprint density at radius 2 is 2.06 bits per heavy atom. The first-order valence-corrected chi connectivity index (χ1v) is 10.4. The van der Waals surface area contributed by atoms with Gasteiger partial charge in [-0.3, -0.25) is 9.59 Å². The molecule has 5 rings (SSSR count). The standard InChI is InChI=1S/C20H23F3N6O2/c1-10-24-13-9-28(6-3-11(13)17(30)25-10)18(31)12-7-16-26-14(19(2)4-5-19)8-15(20(21,22)23)29(16)27-12/h7,14-15,26H,3-6,8-9H2,1-2H3,(H,24,25,30)/t14-,15+/m1/s1. The van der Waals surface area contributed by atoms with Crippen LogP contribution in [0.4, 0.5) is 19.0 Å². The molecule has 1 saturated carbocycles. The van der Waals surface area contributed by atoms with Gasteiger partial charge in [0.1, 0.15) is 11.6 Å². The Balaban J connectivity index is 1.44. The molecular formula is C20H23F3N6O2. The van der Waals surface area contributed by atoms with Crippen LogP contribution in [0.2, 0.25) is 0 Å². The van der Waals surface area contributed by atoms with Crippen LogP contribution in [0.5, 0.6) is 0 Å². The molecule has 0 bridgehead atoms. The second-order valence-electron chi connectivity index (χ2n) is 9.06. The molecule has 0 radical (unpaired) electrons. The third kappa shape index (κ3) is 3.39. The number of carbonyl (C=O) groups excluding carboxylic acids is 1. The van der Waals surface area contributed by atoms with Crippen LogP contribution in [0.3, 0.4) is 0 Å². The van der Waals surface area contributed by atoms with E-state index in [9.17, 15) is 22.8 Å². The van der Waals surface area contributed by atoms with Gasteiger partial charge in [-0.05, 0) is 38.0 Å². The maximum atomic E-state index is 13.8. The lowest BCUT2D eigenvalue weighted by Crippen LogP contribution is -2.42. The van der Waals surface area contributed by atoms with Gasteiger partial charge in [0.25, 0.3) is 11.5 Å². The number of hydrogen-bond acceptors (Lipinski definition) is 5. The van der Waals surface area contributed by atoms with Gasteiger partial charge in [0.15, 0.2) is 11.7 Å². The van der Waals surface area contributed by atoms with Crippen molar-refractivity contribution in [1.29, 1.82) is 0 Å². The van der Waals surface area contributed by atoms with Crippen LogP contribution >= 0.6 is 0 Å². The van der Waals surface area contributed by atoms with Crippen molar-refractivity contribution in [3.8, 4) is 0 Å². The number of nitrogens with zero attached hydrogens (tertiary/aromatic N) is 4. The molecule has 2 aromatic heterocycles. The highest BCUT2D eigenvalue weighted by Crippen LogP contribution is 2.54. The third-order valence-electron chi connectivity index (χ3n) is 6.77. The van der Waals surface area contributed by atoms with E-state index in [1.54, 1.807) is 6.92 Å². The molecule has 1 aliphatic carbocycles. The summed E-state index contributed by atoms with van der Waals surface area (Å²) in [6, 6.07) is -0.671. The van der Waals surface area contributed by atoms with Crippen molar-refractivity contribution in [2.75, 3.05) is 11.9 Å². The predicted molar refractivity (Wildman–Crippen MR) is 105 cm³/mol. The number of hydrogen-bond donors (Lipinski definition) is 2. The number of halogens is 3. The van der Waals surface area contributed by atoms with Crippen molar-refractivity contribution in [3.05, 3.63) is 39.2 Å². The molecule has 4 heterocycles. The van der Waals surface area contributed by atoms with Crippen molar-refractivity contribution in [1.82, 2.24) is 24.6 Å². The van der Waals surface area contributed by atoms with E-state index < -0.39 is 18.1 Å². The Morgan fingerprint density at radius 1 is 1.32 bits per heavy atom. The summed E-state index contributed by atoms with van der Waals surface area (Å²) in [6.07, 6.45) is -2.46. The van der Waals surface area contributed by atoms with E-state index in [0.29, 0.717) is 23.5 Å². The fourth-order valence-electron chi connectivity index (χ4n) is 4.58. The fraction of sp³-hybridized carbons (Fsp3) is 0.600. The minimum absolute atomic E-state index is 0.0386. The molecule has 1 amide bonds. The summed E-state index contributed by atoms with van der Waals surface area (Å²) in [5.41, 5.74) is 0.638. The monoisotopic (exact) mass is 436 g/mol. The van der Waals surface area contributed by atoms with Crippen LogP contribution in [-0.4, -0.2) is 49.3 Å². The van der Waals surface area contributed by atoms with Crippen LogP contribution in [0.15, 0.2) is 10.9 Å². The quantitative estimate of drug-likeness (QED) is 0.755. The first kappa shape index (κ1) is 20.1. The molecule has 166 valence electrons. The largest absolute Gasteiger partial charge is 0.410 e. The summed E-state index contributed by atoms with van der Waals surface area (Å²) in [5.74, 6) is 0.203. The Labute approximate surface area is 175 Å². The second-order valence-corrected chi connectivity index (χ2v) is 9.06. The highest BCUT2D eigenvalue weighted by atomic mass is 19.4. The minimum Gasteiger partial charge on any atom is -0.367 e. The van der Waals surface area contributed by atoms with Crippen LogP contribution < -0.4 is 10.9 Å². The van der Waals surface area contributed by atoms with E-state index >= 15 is 0 Å². The average Bonchev–Trinajstić information content (AvgIpc) is 3.30. The van der Waals surface area contributed by atoms with Crippen molar-refractivity contribution in [2.45, 2.75) is 64.3 Å². The number of nitrogens with one attached hydrogen (secondary N) is 2. The Bertz CT molecular complexity index is 1120. The molecule has 0 spiro atoms. The summed E-state index contributed by atoms with van der Waals surface area (Å²) < 4.78 is 42.3. The molecule has 2 atom stereocenters. The predicted octanol–water partition coefficient (Wildman–Crippen LogP) is 2.56. The zero-order valence-corrected chi connectivity index (χ0v) is 17.2. The maximum absolute atomic E-state index is 13.8. The molecular weight excluding hydrogens is 413 g/mol. The SMILES string of the molecule is Cc1nc2c(c(=O)[nH]1)CCN(C(=O)c1cc3n(n1)[C@H](C(F)(F)F)C[C@H](C1(C)CC1)N3)C2. The van der Waals surface area contributed by atoms with E-state index in [0.717, 1.165) is 17.5 Å². The fourth-order valence-corrected chi connectivity index (χ4v) is 4.58.